The van der Waals surface area contributed by atoms with Crippen molar-refractivity contribution in [1.29, 1.82) is 0 Å². The summed E-state index contributed by atoms with van der Waals surface area (Å²) in [5, 5.41) is 3.41. The van der Waals surface area contributed by atoms with Gasteiger partial charge in [0.2, 0.25) is 0 Å². The van der Waals surface area contributed by atoms with Gasteiger partial charge in [0, 0.05) is 18.2 Å². The van der Waals surface area contributed by atoms with Crippen molar-refractivity contribution in [3.63, 3.8) is 0 Å². The van der Waals surface area contributed by atoms with Crippen LogP contribution in [0.15, 0.2) is 42.5 Å². The van der Waals surface area contributed by atoms with Gasteiger partial charge in [-0.1, -0.05) is 43.3 Å². The standard InChI is InChI=1S/C18H20FN/c1-2-13-4-3-5-15(10-13)17-9-6-14(11-18(17)19)12-20-16-7-8-16/h3-6,9-11,16,20H,2,7-8,12H2,1H3. The van der Waals surface area contributed by atoms with Gasteiger partial charge in [-0.05, 0) is 42.0 Å². The highest BCUT2D eigenvalue weighted by atomic mass is 19.1. The number of rotatable bonds is 5. The van der Waals surface area contributed by atoms with Gasteiger partial charge in [0.25, 0.3) is 0 Å². The molecule has 1 saturated carbocycles. The van der Waals surface area contributed by atoms with E-state index < -0.39 is 0 Å². The molecule has 1 fully saturated rings. The molecule has 0 aliphatic heterocycles. The van der Waals surface area contributed by atoms with E-state index in [1.165, 1.54) is 18.4 Å². The Balaban J connectivity index is 1.81. The number of benzene rings is 2. The summed E-state index contributed by atoms with van der Waals surface area (Å²) in [7, 11) is 0. The number of aryl methyl sites for hydroxylation is 1. The molecule has 3 rings (SSSR count). The Morgan fingerprint density at radius 3 is 2.65 bits per heavy atom. The molecule has 2 heteroatoms. The zero-order chi connectivity index (χ0) is 13.9. The van der Waals surface area contributed by atoms with Gasteiger partial charge in [-0.15, -0.1) is 0 Å². The van der Waals surface area contributed by atoms with Crippen molar-refractivity contribution in [2.75, 3.05) is 0 Å². The van der Waals surface area contributed by atoms with E-state index in [9.17, 15) is 4.39 Å². The summed E-state index contributed by atoms with van der Waals surface area (Å²) in [6.07, 6.45) is 3.48. The van der Waals surface area contributed by atoms with Gasteiger partial charge in [-0.3, -0.25) is 0 Å². The molecule has 0 saturated heterocycles. The van der Waals surface area contributed by atoms with Crippen molar-refractivity contribution in [3.8, 4) is 11.1 Å². The highest BCUT2D eigenvalue weighted by molar-refractivity contribution is 5.65. The van der Waals surface area contributed by atoms with E-state index in [0.29, 0.717) is 11.6 Å². The van der Waals surface area contributed by atoms with Crippen molar-refractivity contribution < 1.29 is 4.39 Å². The third-order valence-corrected chi connectivity index (χ3v) is 3.85. The summed E-state index contributed by atoms with van der Waals surface area (Å²) in [5.41, 5.74) is 3.91. The molecule has 0 unspecified atom stereocenters. The molecule has 0 atom stereocenters. The first kappa shape index (κ1) is 13.3. The Hall–Kier alpha value is -1.67. The fourth-order valence-corrected chi connectivity index (χ4v) is 2.41. The Labute approximate surface area is 119 Å². The minimum Gasteiger partial charge on any atom is -0.310 e. The molecule has 1 nitrogen and oxygen atoms in total. The second-order valence-corrected chi connectivity index (χ2v) is 5.52. The maximum absolute atomic E-state index is 14.3. The minimum atomic E-state index is -0.131. The Bertz CT molecular complexity index is 602. The van der Waals surface area contributed by atoms with E-state index >= 15 is 0 Å². The minimum absolute atomic E-state index is 0.131. The lowest BCUT2D eigenvalue weighted by molar-refractivity contribution is 0.623. The number of hydrogen-bond acceptors (Lipinski definition) is 1. The first-order valence-corrected chi connectivity index (χ1v) is 7.37. The first-order valence-electron chi connectivity index (χ1n) is 7.37. The quantitative estimate of drug-likeness (QED) is 0.853. The molecular weight excluding hydrogens is 249 g/mol. The Morgan fingerprint density at radius 1 is 1.10 bits per heavy atom. The molecule has 0 spiro atoms. The first-order chi connectivity index (χ1) is 9.76. The lowest BCUT2D eigenvalue weighted by Gasteiger charge is -2.08. The highest BCUT2D eigenvalue weighted by Gasteiger charge is 2.20. The number of hydrogen-bond donors (Lipinski definition) is 1. The van der Waals surface area contributed by atoms with Crippen LogP contribution in [0, 0.1) is 5.82 Å². The maximum Gasteiger partial charge on any atom is 0.131 e. The normalized spacial score (nSPS) is 14.5. The zero-order valence-corrected chi connectivity index (χ0v) is 11.8. The van der Waals surface area contributed by atoms with Crippen LogP contribution in [0.1, 0.15) is 30.9 Å². The van der Waals surface area contributed by atoms with Crippen molar-refractivity contribution in [3.05, 3.63) is 59.4 Å². The van der Waals surface area contributed by atoms with Crippen LogP contribution in [-0.4, -0.2) is 6.04 Å². The molecule has 0 heterocycles. The Morgan fingerprint density at radius 2 is 1.95 bits per heavy atom. The molecule has 104 valence electrons. The average Bonchev–Trinajstić information content (AvgIpc) is 3.29. The zero-order valence-electron chi connectivity index (χ0n) is 11.8. The summed E-state index contributed by atoms with van der Waals surface area (Å²) in [6.45, 7) is 2.87. The van der Waals surface area contributed by atoms with E-state index in [0.717, 1.165) is 24.1 Å². The van der Waals surface area contributed by atoms with Gasteiger partial charge < -0.3 is 5.32 Å². The summed E-state index contributed by atoms with van der Waals surface area (Å²) in [5.74, 6) is -0.131. The lowest BCUT2D eigenvalue weighted by Crippen LogP contribution is -2.15. The number of nitrogens with one attached hydrogen (secondary N) is 1. The molecule has 1 N–H and O–H groups in total. The second kappa shape index (κ2) is 5.76. The van der Waals surface area contributed by atoms with Gasteiger partial charge in [0.1, 0.15) is 5.82 Å². The van der Waals surface area contributed by atoms with E-state index in [1.807, 2.05) is 24.3 Å². The molecule has 0 amide bonds. The van der Waals surface area contributed by atoms with E-state index in [4.69, 9.17) is 0 Å². The van der Waals surface area contributed by atoms with E-state index in [-0.39, 0.29) is 5.82 Å². The molecule has 0 bridgehead atoms. The van der Waals surface area contributed by atoms with Gasteiger partial charge in [0.15, 0.2) is 0 Å². The molecular formula is C18H20FN. The fraction of sp³-hybridized carbons (Fsp3) is 0.333. The van der Waals surface area contributed by atoms with Crippen LogP contribution in [0.3, 0.4) is 0 Å². The van der Waals surface area contributed by atoms with Gasteiger partial charge in [-0.2, -0.15) is 0 Å². The monoisotopic (exact) mass is 269 g/mol. The summed E-state index contributed by atoms with van der Waals surface area (Å²) >= 11 is 0. The van der Waals surface area contributed by atoms with Crippen LogP contribution in [0.2, 0.25) is 0 Å². The van der Waals surface area contributed by atoms with Crippen LogP contribution in [-0.2, 0) is 13.0 Å². The largest absolute Gasteiger partial charge is 0.310 e. The molecule has 0 radical (unpaired) electrons. The smallest absolute Gasteiger partial charge is 0.131 e. The maximum atomic E-state index is 14.3. The summed E-state index contributed by atoms with van der Waals surface area (Å²) < 4.78 is 14.3. The van der Waals surface area contributed by atoms with E-state index in [2.05, 4.69) is 24.4 Å². The molecule has 0 aromatic heterocycles. The summed E-state index contributed by atoms with van der Waals surface area (Å²) in [6, 6.07) is 14.3. The third-order valence-electron chi connectivity index (χ3n) is 3.85. The predicted molar refractivity (Wildman–Crippen MR) is 81.1 cm³/mol. The molecule has 20 heavy (non-hydrogen) atoms. The molecule has 1 aliphatic rings. The van der Waals surface area contributed by atoms with Gasteiger partial charge >= 0.3 is 0 Å². The van der Waals surface area contributed by atoms with Gasteiger partial charge in [0.05, 0.1) is 0 Å². The molecule has 1 aliphatic carbocycles. The number of halogens is 1. The molecule has 2 aromatic carbocycles. The van der Waals surface area contributed by atoms with Crippen LogP contribution in [0.25, 0.3) is 11.1 Å². The highest BCUT2D eigenvalue weighted by Crippen LogP contribution is 2.25. The van der Waals surface area contributed by atoms with Crippen LogP contribution in [0.4, 0.5) is 4.39 Å². The van der Waals surface area contributed by atoms with Crippen molar-refractivity contribution in [1.82, 2.24) is 5.32 Å². The van der Waals surface area contributed by atoms with E-state index in [1.54, 1.807) is 6.07 Å². The van der Waals surface area contributed by atoms with Crippen molar-refractivity contribution in [2.24, 2.45) is 0 Å². The van der Waals surface area contributed by atoms with Gasteiger partial charge in [-0.25, -0.2) is 4.39 Å². The predicted octanol–water partition coefficient (Wildman–Crippen LogP) is 4.31. The SMILES string of the molecule is CCc1cccc(-c2ccc(CNC3CC3)cc2F)c1. The molecule has 2 aromatic rings. The summed E-state index contributed by atoms with van der Waals surface area (Å²) in [4.78, 5) is 0. The lowest BCUT2D eigenvalue weighted by atomic mass is 10.0. The van der Waals surface area contributed by atoms with Crippen LogP contribution in [0.5, 0.6) is 0 Å². The fourth-order valence-electron chi connectivity index (χ4n) is 2.41. The van der Waals surface area contributed by atoms with Crippen molar-refractivity contribution in [2.45, 2.75) is 38.8 Å². The second-order valence-electron chi connectivity index (χ2n) is 5.52. The van der Waals surface area contributed by atoms with Crippen LogP contribution >= 0.6 is 0 Å². The Kier molecular flexibility index (Phi) is 3.83. The topological polar surface area (TPSA) is 12.0 Å². The van der Waals surface area contributed by atoms with Crippen LogP contribution < -0.4 is 5.32 Å². The average molecular weight is 269 g/mol. The third kappa shape index (κ3) is 3.07. The van der Waals surface area contributed by atoms with Crippen molar-refractivity contribution >= 4 is 0 Å².